The van der Waals surface area contributed by atoms with Gasteiger partial charge >= 0.3 is 0 Å². The Labute approximate surface area is 113 Å². The lowest BCUT2D eigenvalue weighted by atomic mass is 10.2. The van der Waals surface area contributed by atoms with Crippen LogP contribution >= 0.6 is 11.8 Å². The number of β-amino-alcohol motifs (C(OH)–C–C–N with tert-alkyl or cyclic N) is 1. The van der Waals surface area contributed by atoms with E-state index in [9.17, 15) is 4.79 Å². The lowest BCUT2D eigenvalue weighted by molar-refractivity contribution is -0.133. The van der Waals surface area contributed by atoms with E-state index in [0.29, 0.717) is 12.5 Å². The van der Waals surface area contributed by atoms with E-state index in [2.05, 4.69) is 10.2 Å². The Hall–Kier alpha value is -0.300. The van der Waals surface area contributed by atoms with Gasteiger partial charge in [0.15, 0.2) is 0 Å². The molecular weight excluding hydrogens is 250 g/mol. The van der Waals surface area contributed by atoms with E-state index in [4.69, 9.17) is 5.11 Å². The molecule has 1 atom stereocenters. The summed E-state index contributed by atoms with van der Waals surface area (Å²) in [4.78, 5) is 16.3. The van der Waals surface area contributed by atoms with Crippen molar-refractivity contribution in [1.82, 2.24) is 15.1 Å². The van der Waals surface area contributed by atoms with Gasteiger partial charge in [0, 0.05) is 63.2 Å². The molecule has 5 nitrogen and oxygen atoms in total. The Bertz CT molecular complexity index is 264. The van der Waals surface area contributed by atoms with Gasteiger partial charge in [-0.1, -0.05) is 0 Å². The molecule has 2 heterocycles. The molecule has 1 amide bonds. The molecule has 0 aromatic rings. The van der Waals surface area contributed by atoms with E-state index >= 15 is 0 Å². The van der Waals surface area contributed by atoms with E-state index in [-0.39, 0.29) is 12.5 Å². The Morgan fingerprint density at radius 3 is 2.72 bits per heavy atom. The van der Waals surface area contributed by atoms with Crippen molar-refractivity contribution in [2.75, 3.05) is 57.4 Å². The fourth-order valence-electron chi connectivity index (χ4n) is 2.45. The Morgan fingerprint density at radius 2 is 2.11 bits per heavy atom. The maximum Gasteiger partial charge on any atom is 0.224 e. The summed E-state index contributed by atoms with van der Waals surface area (Å²) in [6.07, 6.45) is 0.632. The normalized spacial score (nSPS) is 26.3. The number of thioether (sulfide) groups is 1. The zero-order chi connectivity index (χ0) is 12.8. The lowest BCUT2D eigenvalue weighted by Gasteiger charge is -2.35. The third-order valence-corrected chi connectivity index (χ3v) is 4.69. The summed E-state index contributed by atoms with van der Waals surface area (Å²) in [7, 11) is 0. The molecule has 0 aromatic heterocycles. The SMILES string of the molecule is O=C(CC1CSCCN1)N1CCN(CCO)CC1. The summed E-state index contributed by atoms with van der Waals surface area (Å²) < 4.78 is 0. The van der Waals surface area contributed by atoms with Crippen molar-refractivity contribution in [3.8, 4) is 0 Å². The van der Waals surface area contributed by atoms with Crippen LogP contribution in [0.2, 0.25) is 0 Å². The molecule has 0 bridgehead atoms. The van der Waals surface area contributed by atoms with Gasteiger partial charge < -0.3 is 15.3 Å². The largest absolute Gasteiger partial charge is 0.395 e. The number of aliphatic hydroxyl groups is 1. The van der Waals surface area contributed by atoms with Crippen LogP contribution in [0.3, 0.4) is 0 Å². The third-order valence-electron chi connectivity index (χ3n) is 3.56. The fraction of sp³-hybridized carbons (Fsp3) is 0.917. The molecule has 0 aromatic carbocycles. The Kier molecular flexibility index (Phi) is 5.75. The van der Waals surface area contributed by atoms with Crippen LogP contribution in [0, 0.1) is 0 Å². The first kappa shape index (κ1) is 14.1. The highest BCUT2D eigenvalue weighted by molar-refractivity contribution is 7.99. The highest BCUT2D eigenvalue weighted by Gasteiger charge is 2.24. The smallest absolute Gasteiger partial charge is 0.224 e. The molecule has 0 aliphatic carbocycles. The summed E-state index contributed by atoms with van der Waals surface area (Å²) in [6, 6.07) is 0.353. The molecule has 6 heteroatoms. The van der Waals surface area contributed by atoms with Crippen LogP contribution < -0.4 is 5.32 Å². The standard InChI is InChI=1S/C12H23N3O2S/c16-7-6-14-2-4-15(5-3-14)12(17)9-11-10-18-8-1-13-11/h11,13,16H,1-10H2. The molecule has 2 aliphatic heterocycles. The minimum absolute atomic E-state index is 0.206. The number of nitrogens with zero attached hydrogens (tertiary/aromatic N) is 2. The summed E-state index contributed by atoms with van der Waals surface area (Å²) >= 11 is 1.93. The number of nitrogens with one attached hydrogen (secondary N) is 1. The highest BCUT2D eigenvalue weighted by Crippen LogP contribution is 2.12. The molecular formula is C12H23N3O2S. The molecule has 0 saturated carbocycles. The first-order valence-corrected chi connectivity index (χ1v) is 7.87. The van der Waals surface area contributed by atoms with Gasteiger partial charge in [-0.05, 0) is 0 Å². The molecule has 2 saturated heterocycles. The van der Waals surface area contributed by atoms with Crippen molar-refractivity contribution in [1.29, 1.82) is 0 Å². The van der Waals surface area contributed by atoms with E-state index in [1.54, 1.807) is 0 Å². The number of amides is 1. The van der Waals surface area contributed by atoms with E-state index in [0.717, 1.165) is 50.8 Å². The molecule has 2 aliphatic rings. The van der Waals surface area contributed by atoms with Crippen molar-refractivity contribution in [3.05, 3.63) is 0 Å². The van der Waals surface area contributed by atoms with Gasteiger partial charge in [0.2, 0.25) is 5.91 Å². The highest BCUT2D eigenvalue weighted by atomic mass is 32.2. The van der Waals surface area contributed by atoms with E-state index in [1.807, 2.05) is 16.7 Å². The number of aliphatic hydroxyl groups excluding tert-OH is 1. The van der Waals surface area contributed by atoms with Crippen LogP contribution in [-0.2, 0) is 4.79 Å². The maximum absolute atomic E-state index is 12.1. The Balaban J connectivity index is 1.70. The topological polar surface area (TPSA) is 55.8 Å². The number of piperazine rings is 1. The molecule has 2 N–H and O–H groups in total. The van der Waals surface area contributed by atoms with E-state index in [1.165, 1.54) is 0 Å². The lowest BCUT2D eigenvalue weighted by Crippen LogP contribution is -2.51. The second-order valence-electron chi connectivity index (χ2n) is 4.88. The average molecular weight is 273 g/mol. The van der Waals surface area contributed by atoms with E-state index < -0.39 is 0 Å². The van der Waals surface area contributed by atoms with Gasteiger partial charge in [-0.3, -0.25) is 9.69 Å². The second-order valence-corrected chi connectivity index (χ2v) is 6.03. The monoisotopic (exact) mass is 273 g/mol. The van der Waals surface area contributed by atoms with Gasteiger partial charge in [-0.25, -0.2) is 0 Å². The summed E-state index contributed by atoms with van der Waals surface area (Å²) in [5, 5.41) is 12.3. The van der Waals surface area contributed by atoms with Gasteiger partial charge in [0.05, 0.1) is 6.61 Å². The molecule has 2 fully saturated rings. The van der Waals surface area contributed by atoms with Crippen LogP contribution in [0.5, 0.6) is 0 Å². The summed E-state index contributed by atoms with van der Waals surface area (Å²) in [5.41, 5.74) is 0. The van der Waals surface area contributed by atoms with Crippen LogP contribution in [0.25, 0.3) is 0 Å². The number of rotatable bonds is 4. The molecule has 2 rings (SSSR count). The van der Waals surface area contributed by atoms with Gasteiger partial charge in [0.1, 0.15) is 0 Å². The predicted molar refractivity (Wildman–Crippen MR) is 73.8 cm³/mol. The number of carbonyl (C=O) groups is 1. The fourth-order valence-corrected chi connectivity index (χ4v) is 3.40. The van der Waals surface area contributed by atoms with Crippen molar-refractivity contribution in [2.24, 2.45) is 0 Å². The van der Waals surface area contributed by atoms with Crippen LogP contribution in [0.1, 0.15) is 6.42 Å². The predicted octanol–water partition coefficient (Wildman–Crippen LogP) is -0.782. The minimum Gasteiger partial charge on any atom is -0.395 e. The number of carbonyl (C=O) groups excluding carboxylic acids is 1. The minimum atomic E-state index is 0.206. The van der Waals surface area contributed by atoms with Crippen molar-refractivity contribution < 1.29 is 9.90 Å². The number of hydrogen-bond donors (Lipinski definition) is 2. The maximum atomic E-state index is 12.1. The summed E-state index contributed by atoms with van der Waals surface area (Å²) in [6.45, 7) is 5.34. The van der Waals surface area contributed by atoms with Crippen LogP contribution in [-0.4, -0.2) is 84.2 Å². The second kappa shape index (κ2) is 7.33. The summed E-state index contributed by atoms with van der Waals surface area (Å²) in [5.74, 6) is 2.49. The van der Waals surface area contributed by atoms with Crippen LogP contribution in [0.15, 0.2) is 0 Å². The zero-order valence-electron chi connectivity index (χ0n) is 10.8. The van der Waals surface area contributed by atoms with Crippen molar-refractivity contribution in [2.45, 2.75) is 12.5 Å². The van der Waals surface area contributed by atoms with Gasteiger partial charge in [0.25, 0.3) is 0 Å². The molecule has 104 valence electrons. The first-order valence-electron chi connectivity index (χ1n) is 6.71. The molecule has 0 spiro atoms. The molecule has 1 unspecified atom stereocenters. The van der Waals surface area contributed by atoms with Crippen molar-refractivity contribution >= 4 is 17.7 Å². The quantitative estimate of drug-likeness (QED) is 0.704. The van der Waals surface area contributed by atoms with Gasteiger partial charge in [-0.15, -0.1) is 0 Å². The first-order chi connectivity index (χ1) is 8.79. The average Bonchev–Trinajstić information content (AvgIpc) is 2.41. The number of hydrogen-bond acceptors (Lipinski definition) is 5. The van der Waals surface area contributed by atoms with Crippen LogP contribution in [0.4, 0.5) is 0 Å². The zero-order valence-corrected chi connectivity index (χ0v) is 11.6. The Morgan fingerprint density at radius 1 is 1.33 bits per heavy atom. The molecule has 18 heavy (non-hydrogen) atoms. The third kappa shape index (κ3) is 4.12. The van der Waals surface area contributed by atoms with Crippen molar-refractivity contribution in [3.63, 3.8) is 0 Å². The van der Waals surface area contributed by atoms with Gasteiger partial charge in [-0.2, -0.15) is 11.8 Å². The molecule has 0 radical (unpaired) electrons.